The highest BCUT2D eigenvalue weighted by Gasteiger charge is 2.56. The number of fused-ring (bicyclic) bond motifs is 2. The van der Waals surface area contributed by atoms with Crippen molar-refractivity contribution in [1.82, 2.24) is 4.98 Å². The molecule has 12 heteroatoms. The summed E-state index contributed by atoms with van der Waals surface area (Å²) in [5, 5.41) is 20.9. The molecular weight excluding hydrogens is 482 g/mol. The van der Waals surface area contributed by atoms with Crippen LogP contribution in [0.5, 0.6) is 11.5 Å². The third-order valence-electron chi connectivity index (χ3n) is 5.79. The molecule has 0 spiro atoms. The molecule has 2 aliphatic rings. The summed E-state index contributed by atoms with van der Waals surface area (Å²) in [5.41, 5.74) is 0.714. The van der Waals surface area contributed by atoms with Crippen molar-refractivity contribution in [3.63, 3.8) is 0 Å². The number of phenols is 1. The number of aromatic hydroxyl groups is 1. The summed E-state index contributed by atoms with van der Waals surface area (Å²) in [6.07, 6.45) is 0. The summed E-state index contributed by atoms with van der Waals surface area (Å²) in [6.45, 7) is 2.09. The first-order valence-corrected chi connectivity index (χ1v) is 12.0. The van der Waals surface area contributed by atoms with Gasteiger partial charge in [0.2, 0.25) is 11.8 Å². The zero-order valence-corrected chi connectivity index (χ0v) is 19.2. The monoisotopic (exact) mass is 499 g/mol. The van der Waals surface area contributed by atoms with Crippen molar-refractivity contribution in [1.29, 1.82) is 0 Å². The number of thiazole rings is 1. The Hall–Kier alpha value is -3.64. The average Bonchev–Trinajstić information content (AvgIpc) is 3.30. The molecule has 1 aromatic heterocycles. The molecule has 2 N–H and O–H groups in total. The van der Waals surface area contributed by atoms with Gasteiger partial charge >= 0.3 is 4.87 Å². The van der Waals surface area contributed by atoms with Crippen molar-refractivity contribution in [2.75, 3.05) is 11.5 Å². The maximum absolute atomic E-state index is 13.6. The number of imide groups is 1. The number of carbonyl (C=O) groups is 2. The van der Waals surface area contributed by atoms with E-state index in [0.717, 1.165) is 28.0 Å². The Balaban J connectivity index is 1.61. The van der Waals surface area contributed by atoms with Gasteiger partial charge in [0, 0.05) is 22.9 Å². The number of hydrogen-bond donors (Lipinski definition) is 2. The smallest absolute Gasteiger partial charge is 0.305 e. The van der Waals surface area contributed by atoms with E-state index in [1.54, 1.807) is 19.1 Å². The van der Waals surface area contributed by atoms with E-state index in [9.17, 15) is 29.6 Å². The minimum absolute atomic E-state index is 0.0591. The third-order valence-corrected chi connectivity index (χ3v) is 8.19. The maximum Gasteiger partial charge on any atom is 0.305 e. The number of nitro groups is 1. The molecule has 1 saturated heterocycles. The molecule has 0 bridgehead atoms. The number of nitro benzene ring substituents is 1. The van der Waals surface area contributed by atoms with Crippen LogP contribution in [0.2, 0.25) is 0 Å². The van der Waals surface area contributed by atoms with Gasteiger partial charge < -0.3 is 14.8 Å². The summed E-state index contributed by atoms with van der Waals surface area (Å²) in [5.74, 6) is -2.17. The van der Waals surface area contributed by atoms with Crippen LogP contribution in [0.15, 0.2) is 52.3 Å². The van der Waals surface area contributed by atoms with E-state index in [2.05, 4.69) is 4.98 Å². The summed E-state index contributed by atoms with van der Waals surface area (Å²) < 4.78 is 5.50. The quantitative estimate of drug-likeness (QED) is 0.309. The van der Waals surface area contributed by atoms with Crippen molar-refractivity contribution in [3.05, 3.63) is 72.7 Å². The van der Waals surface area contributed by atoms with Gasteiger partial charge in [0.25, 0.3) is 5.69 Å². The van der Waals surface area contributed by atoms with Gasteiger partial charge in [-0.05, 0) is 36.8 Å². The summed E-state index contributed by atoms with van der Waals surface area (Å²) >= 11 is 2.12. The average molecular weight is 500 g/mol. The molecule has 3 aromatic rings. The van der Waals surface area contributed by atoms with E-state index in [1.807, 2.05) is 0 Å². The molecule has 34 heavy (non-hydrogen) atoms. The first-order chi connectivity index (χ1) is 16.3. The lowest BCUT2D eigenvalue weighted by molar-refractivity contribution is -0.384. The zero-order chi connectivity index (χ0) is 24.1. The number of rotatable bonds is 5. The molecule has 2 aromatic carbocycles. The highest BCUT2D eigenvalue weighted by atomic mass is 32.2. The number of aromatic nitrogens is 1. The number of amides is 2. The summed E-state index contributed by atoms with van der Waals surface area (Å²) in [4.78, 5) is 53.8. The van der Waals surface area contributed by atoms with Gasteiger partial charge in [-0.2, -0.15) is 0 Å². The van der Waals surface area contributed by atoms with Crippen LogP contribution in [-0.4, -0.2) is 38.7 Å². The number of H-pyrrole nitrogens is 1. The van der Waals surface area contributed by atoms with Gasteiger partial charge in [-0.1, -0.05) is 29.2 Å². The van der Waals surface area contributed by atoms with Crippen LogP contribution in [0, 0.1) is 16.0 Å². The van der Waals surface area contributed by atoms with Gasteiger partial charge in [-0.25, -0.2) is 4.90 Å². The molecule has 174 valence electrons. The molecule has 2 aliphatic heterocycles. The molecule has 0 aliphatic carbocycles. The second kappa shape index (κ2) is 8.29. The third kappa shape index (κ3) is 3.46. The Morgan fingerprint density at radius 1 is 1.15 bits per heavy atom. The van der Waals surface area contributed by atoms with Crippen LogP contribution in [-0.2, 0) is 9.59 Å². The first kappa shape index (κ1) is 22.2. The Morgan fingerprint density at radius 2 is 1.88 bits per heavy atom. The summed E-state index contributed by atoms with van der Waals surface area (Å²) in [6, 6.07) is 9.96. The molecule has 2 amide bonds. The maximum atomic E-state index is 13.6. The van der Waals surface area contributed by atoms with Crippen molar-refractivity contribution in [3.8, 4) is 11.5 Å². The van der Waals surface area contributed by atoms with E-state index < -0.39 is 33.8 Å². The van der Waals surface area contributed by atoms with Crippen LogP contribution in [0.1, 0.15) is 23.3 Å². The van der Waals surface area contributed by atoms with Crippen molar-refractivity contribution in [2.45, 2.75) is 23.1 Å². The lowest BCUT2D eigenvalue weighted by Gasteiger charge is -2.30. The van der Waals surface area contributed by atoms with E-state index in [0.29, 0.717) is 22.1 Å². The lowest BCUT2D eigenvalue weighted by Crippen LogP contribution is -2.32. The molecule has 1 fully saturated rings. The number of phenolic OH excluding ortho intramolecular Hbond substituents is 1. The highest BCUT2D eigenvalue weighted by Crippen LogP contribution is 2.53. The molecule has 0 saturated carbocycles. The number of thioether (sulfide) groups is 1. The van der Waals surface area contributed by atoms with Crippen LogP contribution < -0.4 is 14.5 Å². The van der Waals surface area contributed by atoms with Crippen molar-refractivity contribution in [2.24, 2.45) is 5.92 Å². The number of aromatic amines is 1. The minimum atomic E-state index is -0.814. The second-order valence-electron chi connectivity index (χ2n) is 7.70. The van der Waals surface area contributed by atoms with Gasteiger partial charge in [0.15, 0.2) is 11.5 Å². The largest absolute Gasteiger partial charge is 0.504 e. The fourth-order valence-corrected chi connectivity index (χ4v) is 6.86. The predicted molar refractivity (Wildman–Crippen MR) is 125 cm³/mol. The molecular formula is C22H17N3O7S2. The van der Waals surface area contributed by atoms with E-state index in [-0.39, 0.29) is 27.7 Å². The standard InChI is InChI=1S/C22H17N3O7S2/c1-2-32-14-9-10(3-8-13(14)26)15-16-18(33-19-17(15)34-22(29)23-19)21(28)24(20(16)27)11-4-6-12(7-5-11)25(30)31/h3-9,15-16,18,26H,2H2,1H3,(H,23,29). The summed E-state index contributed by atoms with van der Waals surface area (Å²) in [7, 11) is 0. The van der Waals surface area contributed by atoms with E-state index in [1.165, 1.54) is 30.3 Å². The lowest BCUT2D eigenvalue weighted by atomic mass is 9.83. The van der Waals surface area contributed by atoms with E-state index >= 15 is 0 Å². The Kier molecular flexibility index (Phi) is 5.41. The predicted octanol–water partition coefficient (Wildman–Crippen LogP) is 3.24. The molecule has 3 unspecified atom stereocenters. The molecule has 3 atom stereocenters. The number of non-ortho nitro benzene ring substituents is 1. The fraction of sp³-hybridized carbons (Fsp3) is 0.227. The fourth-order valence-electron chi connectivity index (χ4n) is 4.35. The van der Waals surface area contributed by atoms with Crippen LogP contribution >= 0.6 is 23.1 Å². The molecule has 3 heterocycles. The first-order valence-electron chi connectivity index (χ1n) is 10.3. The Labute approximate surface area is 200 Å². The number of nitrogens with zero attached hydrogens (tertiary/aromatic N) is 2. The van der Waals surface area contributed by atoms with Gasteiger partial charge in [0.1, 0.15) is 5.25 Å². The molecule has 0 radical (unpaired) electrons. The van der Waals surface area contributed by atoms with Crippen molar-refractivity contribution >= 4 is 46.3 Å². The van der Waals surface area contributed by atoms with Crippen LogP contribution in [0.25, 0.3) is 0 Å². The Bertz CT molecular complexity index is 1380. The highest BCUT2D eigenvalue weighted by molar-refractivity contribution is 8.00. The number of nitrogens with one attached hydrogen (secondary N) is 1. The van der Waals surface area contributed by atoms with Gasteiger partial charge in [0.05, 0.1) is 28.2 Å². The van der Waals surface area contributed by atoms with Gasteiger partial charge in [-0.15, -0.1) is 0 Å². The topological polar surface area (TPSA) is 143 Å². The van der Waals surface area contributed by atoms with E-state index in [4.69, 9.17) is 4.74 Å². The number of benzene rings is 2. The zero-order valence-electron chi connectivity index (χ0n) is 17.6. The second-order valence-corrected chi connectivity index (χ2v) is 9.86. The van der Waals surface area contributed by atoms with Crippen LogP contribution in [0.3, 0.4) is 0 Å². The number of carbonyl (C=O) groups excluding carboxylic acids is 2. The minimum Gasteiger partial charge on any atom is -0.504 e. The SMILES string of the molecule is CCOc1cc(C2c3sc(=O)[nH]c3SC3C(=O)N(c4ccc([N+](=O)[O-])cc4)C(=O)C32)ccc1O. The van der Waals surface area contributed by atoms with Gasteiger partial charge in [-0.3, -0.25) is 24.5 Å². The van der Waals surface area contributed by atoms with Crippen molar-refractivity contribution < 1.29 is 24.4 Å². The molecule has 5 rings (SSSR count). The number of anilines is 1. The normalized spacial score (nSPS) is 21.3. The molecule has 10 nitrogen and oxygen atoms in total. The number of hydrogen-bond acceptors (Lipinski definition) is 9. The Morgan fingerprint density at radius 3 is 2.56 bits per heavy atom. The van der Waals surface area contributed by atoms with Crippen LogP contribution in [0.4, 0.5) is 11.4 Å². The number of ether oxygens (including phenoxy) is 1.